The molecule has 1 fully saturated rings. The van der Waals surface area contributed by atoms with Crippen molar-refractivity contribution in [1.29, 1.82) is 0 Å². The van der Waals surface area contributed by atoms with Crippen LogP contribution in [0, 0.1) is 5.92 Å². The Morgan fingerprint density at radius 1 is 1.50 bits per heavy atom. The second-order valence-corrected chi connectivity index (χ2v) is 5.74. The first-order chi connectivity index (χ1) is 9.42. The fourth-order valence-electron chi connectivity index (χ4n) is 2.55. The Morgan fingerprint density at radius 3 is 2.55 bits per heavy atom. The lowest BCUT2D eigenvalue weighted by Crippen LogP contribution is -2.56. The van der Waals surface area contributed by atoms with E-state index in [9.17, 15) is 4.79 Å². The summed E-state index contributed by atoms with van der Waals surface area (Å²) in [6.45, 7) is 3.96. The fourth-order valence-corrected chi connectivity index (χ4v) is 2.55. The number of aliphatic imine (C=N–C) groups is 1. The number of allylic oxidation sites excluding steroid dienone is 2. The molecule has 0 radical (unpaired) electrons. The van der Waals surface area contributed by atoms with Crippen LogP contribution < -0.4 is 16.8 Å². The van der Waals surface area contributed by atoms with Gasteiger partial charge in [0, 0.05) is 36.5 Å². The molecule has 1 aliphatic rings. The SMILES string of the molecule is CC/C(=C\C=NC)NC(=O)C1CCC(N)([C@@H](C)N)CC1. The van der Waals surface area contributed by atoms with Crippen molar-refractivity contribution in [2.75, 3.05) is 7.05 Å². The predicted molar refractivity (Wildman–Crippen MR) is 83.5 cm³/mol. The first-order valence-corrected chi connectivity index (χ1v) is 7.39. The molecule has 0 aromatic rings. The molecular weight excluding hydrogens is 252 g/mol. The van der Waals surface area contributed by atoms with E-state index >= 15 is 0 Å². The van der Waals surface area contributed by atoms with E-state index in [2.05, 4.69) is 10.3 Å². The second kappa shape index (κ2) is 7.55. The third kappa shape index (κ3) is 4.42. The van der Waals surface area contributed by atoms with Crippen LogP contribution in [0.4, 0.5) is 0 Å². The number of carbonyl (C=O) groups excluding carboxylic acids is 1. The Bertz CT molecular complexity index is 379. The van der Waals surface area contributed by atoms with Gasteiger partial charge >= 0.3 is 0 Å². The van der Waals surface area contributed by atoms with Gasteiger partial charge in [0.15, 0.2) is 0 Å². The molecule has 1 atom stereocenters. The largest absolute Gasteiger partial charge is 0.330 e. The average molecular weight is 280 g/mol. The van der Waals surface area contributed by atoms with Crippen molar-refractivity contribution >= 4 is 12.1 Å². The Labute approximate surface area is 121 Å². The van der Waals surface area contributed by atoms with Crippen LogP contribution in [0.2, 0.25) is 0 Å². The molecule has 114 valence electrons. The summed E-state index contributed by atoms with van der Waals surface area (Å²) < 4.78 is 0. The van der Waals surface area contributed by atoms with Crippen molar-refractivity contribution in [2.45, 2.75) is 57.5 Å². The minimum absolute atomic E-state index is 0.0293. The highest BCUT2D eigenvalue weighted by Gasteiger charge is 2.36. The van der Waals surface area contributed by atoms with Crippen LogP contribution >= 0.6 is 0 Å². The van der Waals surface area contributed by atoms with Gasteiger partial charge in [-0.3, -0.25) is 9.79 Å². The summed E-state index contributed by atoms with van der Waals surface area (Å²) in [6.07, 6.45) is 7.56. The number of amides is 1. The first-order valence-electron chi connectivity index (χ1n) is 7.39. The van der Waals surface area contributed by atoms with Crippen molar-refractivity contribution in [2.24, 2.45) is 22.4 Å². The van der Waals surface area contributed by atoms with Crippen molar-refractivity contribution < 1.29 is 4.79 Å². The van der Waals surface area contributed by atoms with E-state index in [0.29, 0.717) is 0 Å². The molecule has 0 heterocycles. The van der Waals surface area contributed by atoms with Gasteiger partial charge in [-0.25, -0.2) is 0 Å². The minimum Gasteiger partial charge on any atom is -0.330 e. The van der Waals surface area contributed by atoms with Crippen LogP contribution in [-0.4, -0.2) is 30.8 Å². The van der Waals surface area contributed by atoms with Crippen LogP contribution in [0.25, 0.3) is 0 Å². The van der Waals surface area contributed by atoms with Gasteiger partial charge in [0.25, 0.3) is 0 Å². The number of nitrogens with zero attached hydrogens (tertiary/aromatic N) is 1. The molecule has 0 aromatic carbocycles. The van der Waals surface area contributed by atoms with Gasteiger partial charge in [-0.05, 0) is 45.1 Å². The molecule has 0 saturated heterocycles. The molecule has 0 bridgehead atoms. The smallest absolute Gasteiger partial charge is 0.227 e. The molecule has 0 unspecified atom stereocenters. The Morgan fingerprint density at radius 2 is 2.10 bits per heavy atom. The number of hydrogen-bond donors (Lipinski definition) is 3. The van der Waals surface area contributed by atoms with E-state index in [1.54, 1.807) is 13.3 Å². The first kappa shape index (κ1) is 16.9. The summed E-state index contributed by atoms with van der Waals surface area (Å²) in [6, 6.07) is -0.0293. The van der Waals surface area contributed by atoms with Crippen molar-refractivity contribution in [3.05, 3.63) is 11.8 Å². The standard InChI is InChI=1S/C15H28N4O/c1-4-13(7-10-18-3)19-14(20)12-5-8-15(17,9-6-12)11(2)16/h7,10-12H,4-6,8-9,16-17H2,1-3H3,(H,19,20)/b13-7+,18-10?/t11-,12?,15?/m1/s1. The molecule has 5 heteroatoms. The van der Waals surface area contributed by atoms with Gasteiger partial charge in [0.1, 0.15) is 0 Å². The van der Waals surface area contributed by atoms with E-state index in [1.807, 2.05) is 19.9 Å². The van der Waals surface area contributed by atoms with Gasteiger partial charge in [-0.1, -0.05) is 6.92 Å². The highest BCUT2D eigenvalue weighted by molar-refractivity contribution is 5.82. The molecule has 0 aromatic heterocycles. The molecule has 0 aliphatic heterocycles. The van der Waals surface area contributed by atoms with Crippen LogP contribution in [0.3, 0.4) is 0 Å². The quantitative estimate of drug-likeness (QED) is 0.663. The lowest BCUT2D eigenvalue weighted by atomic mass is 9.73. The molecule has 1 rings (SSSR count). The van der Waals surface area contributed by atoms with E-state index in [-0.39, 0.29) is 23.4 Å². The number of hydrogen-bond acceptors (Lipinski definition) is 4. The van der Waals surface area contributed by atoms with Crippen LogP contribution in [-0.2, 0) is 4.79 Å². The summed E-state index contributed by atoms with van der Waals surface area (Å²) in [4.78, 5) is 16.1. The third-order valence-electron chi connectivity index (χ3n) is 4.28. The van der Waals surface area contributed by atoms with Crippen molar-refractivity contribution in [3.8, 4) is 0 Å². The fraction of sp³-hybridized carbons (Fsp3) is 0.733. The zero-order valence-electron chi connectivity index (χ0n) is 12.9. The van der Waals surface area contributed by atoms with Gasteiger partial charge in [0.05, 0.1) is 0 Å². The zero-order valence-corrected chi connectivity index (χ0v) is 12.9. The highest BCUT2D eigenvalue weighted by Crippen LogP contribution is 2.32. The number of carbonyl (C=O) groups is 1. The topological polar surface area (TPSA) is 93.5 Å². The van der Waals surface area contributed by atoms with Gasteiger partial charge in [0.2, 0.25) is 5.91 Å². The Kier molecular flexibility index (Phi) is 6.36. The maximum Gasteiger partial charge on any atom is 0.227 e. The third-order valence-corrected chi connectivity index (χ3v) is 4.28. The lowest BCUT2D eigenvalue weighted by molar-refractivity contribution is -0.125. The highest BCUT2D eigenvalue weighted by atomic mass is 16.1. The summed E-state index contributed by atoms with van der Waals surface area (Å²) >= 11 is 0. The number of nitrogens with two attached hydrogens (primary N) is 2. The van der Waals surface area contributed by atoms with Crippen LogP contribution in [0.5, 0.6) is 0 Å². The second-order valence-electron chi connectivity index (χ2n) is 5.74. The maximum absolute atomic E-state index is 12.2. The van der Waals surface area contributed by atoms with Crippen molar-refractivity contribution in [3.63, 3.8) is 0 Å². The van der Waals surface area contributed by atoms with E-state index in [1.165, 1.54) is 0 Å². The number of nitrogens with one attached hydrogen (secondary N) is 1. The Balaban J connectivity index is 2.55. The van der Waals surface area contributed by atoms with Gasteiger partial charge in [-0.2, -0.15) is 0 Å². The van der Waals surface area contributed by atoms with E-state index in [0.717, 1.165) is 37.8 Å². The maximum atomic E-state index is 12.2. The molecule has 5 nitrogen and oxygen atoms in total. The van der Waals surface area contributed by atoms with Gasteiger partial charge in [-0.15, -0.1) is 0 Å². The van der Waals surface area contributed by atoms with Gasteiger partial charge < -0.3 is 16.8 Å². The molecule has 1 saturated carbocycles. The Hall–Kier alpha value is -1.20. The van der Waals surface area contributed by atoms with E-state index < -0.39 is 0 Å². The summed E-state index contributed by atoms with van der Waals surface area (Å²) in [5.74, 6) is 0.133. The predicted octanol–water partition coefficient (Wildman–Crippen LogP) is 1.33. The zero-order chi connectivity index (χ0) is 15.2. The summed E-state index contributed by atoms with van der Waals surface area (Å²) in [7, 11) is 1.71. The monoisotopic (exact) mass is 280 g/mol. The molecule has 0 spiro atoms. The summed E-state index contributed by atoms with van der Waals surface area (Å²) in [5.41, 5.74) is 12.8. The molecule has 1 aliphatic carbocycles. The lowest BCUT2D eigenvalue weighted by Gasteiger charge is -2.39. The molecular formula is C15H28N4O. The summed E-state index contributed by atoms with van der Waals surface area (Å²) in [5, 5.41) is 2.99. The van der Waals surface area contributed by atoms with Crippen molar-refractivity contribution in [1.82, 2.24) is 5.32 Å². The minimum atomic E-state index is -0.310. The normalized spacial score (nSPS) is 29.4. The number of rotatable bonds is 5. The molecule has 20 heavy (non-hydrogen) atoms. The van der Waals surface area contributed by atoms with Crippen LogP contribution in [0.15, 0.2) is 16.8 Å². The van der Waals surface area contributed by atoms with Crippen LogP contribution in [0.1, 0.15) is 46.0 Å². The van der Waals surface area contributed by atoms with E-state index in [4.69, 9.17) is 11.5 Å². The molecule has 1 amide bonds. The average Bonchev–Trinajstić information content (AvgIpc) is 2.43. The molecule has 5 N–H and O–H groups in total.